The summed E-state index contributed by atoms with van der Waals surface area (Å²) in [4.78, 5) is 12.3. The second-order valence-corrected chi connectivity index (χ2v) is 6.50. The third kappa shape index (κ3) is 6.26. The van der Waals surface area contributed by atoms with Crippen molar-refractivity contribution in [2.45, 2.75) is 39.0 Å². The second kappa shape index (κ2) is 10.7. The summed E-state index contributed by atoms with van der Waals surface area (Å²) >= 11 is 6.08. The zero-order valence-corrected chi connectivity index (χ0v) is 16.1. The third-order valence-corrected chi connectivity index (χ3v) is 4.34. The quantitative estimate of drug-likeness (QED) is 0.522. The summed E-state index contributed by atoms with van der Waals surface area (Å²) in [5.41, 5.74) is 1.18. The van der Waals surface area contributed by atoms with Gasteiger partial charge in [-0.05, 0) is 48.9 Å². The number of benzene rings is 2. The summed E-state index contributed by atoms with van der Waals surface area (Å²) in [6.45, 7) is 2.91. The van der Waals surface area contributed by atoms with Crippen LogP contribution in [0.5, 0.6) is 11.5 Å². The van der Waals surface area contributed by atoms with E-state index < -0.39 is 0 Å². The first-order valence-electron chi connectivity index (χ1n) is 9.01. The lowest BCUT2D eigenvalue weighted by Crippen LogP contribution is -2.11. The summed E-state index contributed by atoms with van der Waals surface area (Å²) < 4.78 is 10.8. The summed E-state index contributed by atoms with van der Waals surface area (Å²) in [6.07, 6.45) is 6.03. The zero-order valence-electron chi connectivity index (χ0n) is 15.4. The minimum Gasteiger partial charge on any atom is -0.495 e. The first-order chi connectivity index (χ1) is 12.6. The lowest BCUT2D eigenvalue weighted by Gasteiger charge is -2.09. The van der Waals surface area contributed by atoms with E-state index in [2.05, 4.69) is 12.2 Å². The van der Waals surface area contributed by atoms with Gasteiger partial charge in [0, 0.05) is 11.3 Å². The van der Waals surface area contributed by atoms with Gasteiger partial charge in [0.15, 0.2) is 0 Å². The molecule has 0 saturated heterocycles. The Balaban J connectivity index is 1.83. The lowest BCUT2D eigenvalue weighted by atomic mass is 10.1. The standard InChI is InChI=1S/C21H26ClNO3/c1-3-4-5-6-7-14-26-18-11-8-16(9-12-18)21(24)23-17-10-13-20(25-2)19(22)15-17/h8-13,15H,3-7,14H2,1-2H3,(H,23,24). The summed E-state index contributed by atoms with van der Waals surface area (Å²) in [5.74, 6) is 1.16. The number of halogens is 1. The van der Waals surface area contributed by atoms with Crippen LogP contribution in [0.3, 0.4) is 0 Å². The van der Waals surface area contributed by atoms with Crippen molar-refractivity contribution in [1.82, 2.24) is 0 Å². The Kier molecular flexibility index (Phi) is 8.29. The van der Waals surface area contributed by atoms with Crippen molar-refractivity contribution >= 4 is 23.2 Å². The number of hydrogen-bond acceptors (Lipinski definition) is 3. The predicted molar refractivity (Wildman–Crippen MR) is 107 cm³/mol. The molecule has 0 heterocycles. The van der Waals surface area contributed by atoms with Crippen LogP contribution in [0.2, 0.25) is 5.02 Å². The normalized spacial score (nSPS) is 10.4. The molecule has 140 valence electrons. The highest BCUT2D eigenvalue weighted by molar-refractivity contribution is 6.32. The van der Waals surface area contributed by atoms with E-state index in [1.807, 2.05) is 12.1 Å². The maximum Gasteiger partial charge on any atom is 0.255 e. The molecule has 0 unspecified atom stereocenters. The fourth-order valence-corrected chi connectivity index (χ4v) is 2.80. The summed E-state index contributed by atoms with van der Waals surface area (Å²) in [5, 5.41) is 3.27. The molecule has 2 aromatic rings. The Morgan fingerprint density at radius 3 is 2.42 bits per heavy atom. The molecule has 0 atom stereocenters. The molecule has 0 aliphatic heterocycles. The van der Waals surface area contributed by atoms with Crippen molar-refractivity contribution in [3.63, 3.8) is 0 Å². The highest BCUT2D eigenvalue weighted by Crippen LogP contribution is 2.27. The van der Waals surface area contributed by atoms with E-state index in [-0.39, 0.29) is 5.91 Å². The van der Waals surface area contributed by atoms with E-state index in [1.54, 1.807) is 37.4 Å². The van der Waals surface area contributed by atoms with E-state index in [4.69, 9.17) is 21.1 Å². The number of rotatable bonds is 10. The molecule has 0 bridgehead atoms. The molecule has 5 heteroatoms. The molecule has 0 aliphatic rings. The minimum absolute atomic E-state index is 0.197. The molecule has 4 nitrogen and oxygen atoms in total. The van der Waals surface area contributed by atoms with E-state index in [9.17, 15) is 4.79 Å². The van der Waals surface area contributed by atoms with E-state index in [0.29, 0.717) is 28.6 Å². The molecule has 26 heavy (non-hydrogen) atoms. The Hall–Kier alpha value is -2.20. The highest BCUT2D eigenvalue weighted by atomic mass is 35.5. The number of amides is 1. The number of ether oxygens (including phenoxy) is 2. The van der Waals surface area contributed by atoms with Crippen LogP contribution in [-0.4, -0.2) is 19.6 Å². The van der Waals surface area contributed by atoms with E-state index >= 15 is 0 Å². The van der Waals surface area contributed by atoms with Crippen LogP contribution in [0, 0.1) is 0 Å². The second-order valence-electron chi connectivity index (χ2n) is 6.09. The van der Waals surface area contributed by atoms with Gasteiger partial charge in [0.1, 0.15) is 11.5 Å². The molecule has 0 saturated carbocycles. The molecule has 0 aliphatic carbocycles. The van der Waals surface area contributed by atoms with E-state index in [0.717, 1.165) is 12.2 Å². The van der Waals surface area contributed by atoms with Crippen LogP contribution < -0.4 is 14.8 Å². The molecule has 1 N–H and O–H groups in total. The molecule has 1 amide bonds. The topological polar surface area (TPSA) is 47.6 Å². The molecule has 0 radical (unpaired) electrons. The first kappa shape index (κ1) is 20.1. The van der Waals surface area contributed by atoms with Crippen molar-refractivity contribution in [2.24, 2.45) is 0 Å². The fraction of sp³-hybridized carbons (Fsp3) is 0.381. The minimum atomic E-state index is -0.197. The molecule has 0 spiro atoms. The highest BCUT2D eigenvalue weighted by Gasteiger charge is 2.08. The van der Waals surface area contributed by atoms with Crippen LogP contribution in [-0.2, 0) is 0 Å². The number of unbranched alkanes of at least 4 members (excludes halogenated alkanes) is 4. The van der Waals surface area contributed by atoms with Gasteiger partial charge in [-0.25, -0.2) is 0 Å². The maximum absolute atomic E-state index is 12.3. The average Bonchev–Trinajstić information content (AvgIpc) is 2.65. The maximum atomic E-state index is 12.3. The van der Waals surface area contributed by atoms with Crippen LogP contribution in [0.1, 0.15) is 49.4 Å². The SMILES string of the molecule is CCCCCCCOc1ccc(C(=O)Nc2ccc(OC)c(Cl)c2)cc1. The van der Waals surface area contributed by atoms with Gasteiger partial charge in [-0.3, -0.25) is 4.79 Å². The van der Waals surface area contributed by atoms with Gasteiger partial charge in [0.25, 0.3) is 5.91 Å². The van der Waals surface area contributed by atoms with Crippen molar-refractivity contribution < 1.29 is 14.3 Å². The zero-order chi connectivity index (χ0) is 18.8. The molecular weight excluding hydrogens is 350 g/mol. The average molecular weight is 376 g/mol. The predicted octanol–water partition coefficient (Wildman–Crippen LogP) is 5.95. The van der Waals surface area contributed by atoms with Crippen molar-refractivity contribution in [3.8, 4) is 11.5 Å². The molecule has 2 rings (SSSR count). The summed E-state index contributed by atoms with van der Waals surface area (Å²) in [7, 11) is 1.55. The number of anilines is 1. The number of methoxy groups -OCH3 is 1. The van der Waals surface area contributed by atoms with Gasteiger partial charge >= 0.3 is 0 Å². The van der Waals surface area contributed by atoms with Gasteiger partial charge in [-0.15, -0.1) is 0 Å². The van der Waals surface area contributed by atoms with Crippen molar-refractivity contribution in [3.05, 3.63) is 53.1 Å². The first-order valence-corrected chi connectivity index (χ1v) is 9.39. The fourth-order valence-electron chi connectivity index (χ4n) is 2.55. The van der Waals surface area contributed by atoms with Crippen LogP contribution in [0.4, 0.5) is 5.69 Å². The van der Waals surface area contributed by atoms with Crippen molar-refractivity contribution in [2.75, 3.05) is 19.0 Å². The van der Waals surface area contributed by atoms with Crippen molar-refractivity contribution in [1.29, 1.82) is 0 Å². The smallest absolute Gasteiger partial charge is 0.255 e. The van der Waals surface area contributed by atoms with Crippen LogP contribution in [0.25, 0.3) is 0 Å². The number of nitrogens with one attached hydrogen (secondary N) is 1. The van der Waals surface area contributed by atoms with Gasteiger partial charge in [0.05, 0.1) is 18.7 Å². The Morgan fingerprint density at radius 2 is 1.77 bits per heavy atom. The Labute approximate surface area is 160 Å². The van der Waals surface area contributed by atoms with E-state index in [1.165, 1.54) is 25.7 Å². The van der Waals surface area contributed by atoms with Gasteiger partial charge in [0.2, 0.25) is 0 Å². The Bertz CT molecular complexity index is 701. The molecule has 2 aromatic carbocycles. The summed E-state index contributed by atoms with van der Waals surface area (Å²) in [6, 6.07) is 12.3. The van der Waals surface area contributed by atoms with Gasteiger partial charge in [-0.2, -0.15) is 0 Å². The third-order valence-electron chi connectivity index (χ3n) is 4.04. The molecule has 0 aromatic heterocycles. The Morgan fingerprint density at radius 1 is 1.04 bits per heavy atom. The van der Waals surface area contributed by atoms with Gasteiger partial charge in [-0.1, -0.05) is 44.2 Å². The van der Waals surface area contributed by atoms with Crippen LogP contribution >= 0.6 is 11.6 Å². The monoisotopic (exact) mass is 375 g/mol. The number of carbonyl (C=O) groups excluding carboxylic acids is 1. The number of carbonyl (C=O) groups is 1. The van der Waals surface area contributed by atoms with Crippen LogP contribution in [0.15, 0.2) is 42.5 Å². The van der Waals surface area contributed by atoms with Gasteiger partial charge < -0.3 is 14.8 Å². The molecular formula is C21H26ClNO3. The largest absolute Gasteiger partial charge is 0.495 e. The number of hydrogen-bond donors (Lipinski definition) is 1. The lowest BCUT2D eigenvalue weighted by molar-refractivity contribution is 0.102. The molecule has 0 fully saturated rings.